The van der Waals surface area contributed by atoms with Gasteiger partial charge in [-0.25, -0.2) is 9.97 Å². The highest BCUT2D eigenvalue weighted by Gasteiger charge is 1.99. The van der Waals surface area contributed by atoms with Crippen LogP contribution in [0, 0.1) is 11.3 Å². The molecular weight excluding hydrogens is 306 g/mol. The first-order valence-corrected chi connectivity index (χ1v) is 6.53. The minimum absolute atomic E-state index is 0.444. The largest absolute Gasteiger partial charge is 0.369 e. The Kier molecular flexibility index (Phi) is 4.70. The highest BCUT2D eigenvalue weighted by Crippen LogP contribution is 2.18. The van der Waals surface area contributed by atoms with Crippen LogP contribution in [-0.2, 0) is 0 Å². The van der Waals surface area contributed by atoms with Gasteiger partial charge in [-0.05, 0) is 24.3 Å². The van der Waals surface area contributed by atoms with Gasteiger partial charge in [-0.2, -0.15) is 5.26 Å². The van der Waals surface area contributed by atoms with Gasteiger partial charge in [-0.3, -0.25) is 0 Å². The van der Waals surface area contributed by atoms with Gasteiger partial charge in [0.05, 0.1) is 12.5 Å². The van der Waals surface area contributed by atoms with E-state index < -0.39 is 0 Å². The first-order chi connectivity index (χ1) is 9.28. The lowest BCUT2D eigenvalue weighted by Gasteiger charge is -2.07. The molecule has 0 fully saturated rings. The van der Waals surface area contributed by atoms with E-state index in [2.05, 4.69) is 42.6 Å². The highest BCUT2D eigenvalue weighted by molar-refractivity contribution is 9.10. The Balaban J connectivity index is 2.02. The molecule has 0 aliphatic heterocycles. The van der Waals surface area contributed by atoms with Gasteiger partial charge >= 0.3 is 0 Å². The van der Waals surface area contributed by atoms with Gasteiger partial charge in [-0.1, -0.05) is 15.9 Å². The Morgan fingerprint density at radius 3 is 2.63 bits per heavy atom. The van der Waals surface area contributed by atoms with Crippen molar-refractivity contribution in [1.29, 1.82) is 5.26 Å². The van der Waals surface area contributed by atoms with Crippen LogP contribution in [-0.4, -0.2) is 16.5 Å². The molecule has 1 aromatic heterocycles. The summed E-state index contributed by atoms with van der Waals surface area (Å²) in [5.74, 6) is 1.40. The first-order valence-electron chi connectivity index (χ1n) is 5.73. The van der Waals surface area contributed by atoms with E-state index in [9.17, 15) is 0 Å². The topological polar surface area (TPSA) is 73.6 Å². The van der Waals surface area contributed by atoms with Crippen LogP contribution < -0.4 is 10.6 Å². The molecule has 1 heterocycles. The third kappa shape index (κ3) is 4.23. The van der Waals surface area contributed by atoms with E-state index in [1.165, 1.54) is 6.33 Å². The molecule has 0 saturated heterocycles. The Labute approximate surface area is 119 Å². The highest BCUT2D eigenvalue weighted by atomic mass is 79.9. The number of nitriles is 1. The maximum atomic E-state index is 8.48. The number of hydrogen-bond acceptors (Lipinski definition) is 5. The van der Waals surface area contributed by atoms with E-state index in [4.69, 9.17) is 5.26 Å². The van der Waals surface area contributed by atoms with Gasteiger partial charge in [0.15, 0.2) is 0 Å². The van der Waals surface area contributed by atoms with Crippen molar-refractivity contribution in [2.24, 2.45) is 0 Å². The van der Waals surface area contributed by atoms with Crippen LogP contribution in [0.3, 0.4) is 0 Å². The van der Waals surface area contributed by atoms with Crippen LogP contribution in [0.4, 0.5) is 17.3 Å². The zero-order chi connectivity index (χ0) is 13.5. The minimum atomic E-state index is 0.444. The molecule has 19 heavy (non-hydrogen) atoms. The lowest BCUT2D eigenvalue weighted by molar-refractivity contribution is 1.04. The number of nitrogens with zero attached hydrogens (tertiary/aromatic N) is 3. The predicted molar refractivity (Wildman–Crippen MR) is 78.2 cm³/mol. The summed E-state index contributed by atoms with van der Waals surface area (Å²) < 4.78 is 1.03. The molecule has 5 nitrogen and oxygen atoms in total. The molecule has 0 atom stereocenters. The maximum absolute atomic E-state index is 8.48. The van der Waals surface area contributed by atoms with Crippen molar-refractivity contribution < 1.29 is 0 Å². The summed E-state index contributed by atoms with van der Waals surface area (Å²) in [4.78, 5) is 8.23. The third-order valence-corrected chi connectivity index (χ3v) is 2.86. The van der Waals surface area contributed by atoms with E-state index in [0.29, 0.717) is 24.6 Å². The Morgan fingerprint density at radius 1 is 1.16 bits per heavy atom. The van der Waals surface area contributed by atoms with E-state index in [1.54, 1.807) is 6.07 Å². The zero-order valence-electron chi connectivity index (χ0n) is 10.1. The molecule has 2 aromatic rings. The molecule has 0 aliphatic rings. The number of benzene rings is 1. The molecule has 96 valence electrons. The van der Waals surface area contributed by atoms with E-state index >= 15 is 0 Å². The van der Waals surface area contributed by atoms with Gasteiger partial charge < -0.3 is 10.6 Å². The average Bonchev–Trinajstić information content (AvgIpc) is 2.42. The van der Waals surface area contributed by atoms with Crippen LogP contribution in [0.1, 0.15) is 6.42 Å². The van der Waals surface area contributed by atoms with Gasteiger partial charge in [0.1, 0.15) is 18.0 Å². The number of rotatable bonds is 5. The van der Waals surface area contributed by atoms with E-state index in [1.807, 2.05) is 24.3 Å². The lowest BCUT2D eigenvalue weighted by Crippen LogP contribution is -2.03. The van der Waals surface area contributed by atoms with Crippen molar-refractivity contribution in [3.63, 3.8) is 0 Å². The summed E-state index contributed by atoms with van der Waals surface area (Å²) in [7, 11) is 0. The SMILES string of the molecule is N#CCCNc1cc(Nc2ccc(Br)cc2)ncn1. The van der Waals surface area contributed by atoms with Gasteiger partial charge in [-0.15, -0.1) is 0 Å². The second kappa shape index (κ2) is 6.71. The average molecular weight is 318 g/mol. The quantitative estimate of drug-likeness (QED) is 0.828. The van der Waals surface area contributed by atoms with Crippen LogP contribution >= 0.6 is 15.9 Å². The standard InChI is InChI=1S/C13H12BrN5/c14-10-2-4-11(5-3-10)19-13-8-12(17-9-18-13)16-7-1-6-15/h2-5,8-9H,1,7H2,(H2,16,17,18,19). The maximum Gasteiger partial charge on any atom is 0.135 e. The van der Waals surface area contributed by atoms with Gasteiger partial charge in [0.25, 0.3) is 0 Å². The van der Waals surface area contributed by atoms with E-state index in [-0.39, 0.29) is 0 Å². The molecule has 0 radical (unpaired) electrons. The number of nitrogens with one attached hydrogen (secondary N) is 2. The molecule has 0 aliphatic carbocycles. The normalized spacial score (nSPS) is 9.68. The van der Waals surface area contributed by atoms with Crippen molar-refractivity contribution in [3.8, 4) is 6.07 Å². The number of halogens is 1. The molecule has 0 saturated carbocycles. The van der Waals surface area contributed by atoms with Crippen molar-refractivity contribution in [2.45, 2.75) is 6.42 Å². The third-order valence-electron chi connectivity index (χ3n) is 2.33. The summed E-state index contributed by atoms with van der Waals surface area (Å²) >= 11 is 3.39. The zero-order valence-corrected chi connectivity index (χ0v) is 11.7. The van der Waals surface area contributed by atoms with Gasteiger partial charge in [0, 0.05) is 22.8 Å². The van der Waals surface area contributed by atoms with Crippen LogP contribution in [0.5, 0.6) is 0 Å². The summed E-state index contributed by atoms with van der Waals surface area (Å²) in [6.07, 6.45) is 1.93. The van der Waals surface area contributed by atoms with Crippen molar-refractivity contribution in [3.05, 3.63) is 41.1 Å². The van der Waals surface area contributed by atoms with Crippen molar-refractivity contribution >= 4 is 33.3 Å². The Morgan fingerprint density at radius 2 is 1.89 bits per heavy atom. The smallest absolute Gasteiger partial charge is 0.135 e. The number of aromatic nitrogens is 2. The minimum Gasteiger partial charge on any atom is -0.369 e. The van der Waals surface area contributed by atoms with Crippen molar-refractivity contribution in [1.82, 2.24) is 9.97 Å². The van der Waals surface area contributed by atoms with Crippen LogP contribution in [0.2, 0.25) is 0 Å². The second-order valence-corrected chi connectivity index (χ2v) is 4.67. The summed E-state index contributed by atoms with van der Waals surface area (Å²) in [6.45, 7) is 0.575. The van der Waals surface area contributed by atoms with Gasteiger partial charge in [0.2, 0.25) is 0 Å². The predicted octanol–water partition coefficient (Wildman–Crippen LogP) is 3.31. The fourth-order valence-corrected chi connectivity index (χ4v) is 1.71. The molecule has 0 amide bonds. The van der Waals surface area contributed by atoms with E-state index in [0.717, 1.165) is 10.2 Å². The molecule has 0 spiro atoms. The lowest BCUT2D eigenvalue weighted by atomic mass is 10.3. The second-order valence-electron chi connectivity index (χ2n) is 3.76. The van der Waals surface area contributed by atoms with Crippen LogP contribution in [0.15, 0.2) is 41.1 Å². The molecule has 1 aromatic carbocycles. The molecule has 0 bridgehead atoms. The number of anilines is 3. The Bertz CT molecular complexity index is 576. The summed E-state index contributed by atoms with van der Waals surface area (Å²) in [5.41, 5.74) is 0.949. The fraction of sp³-hybridized carbons (Fsp3) is 0.154. The summed E-state index contributed by atoms with van der Waals surface area (Å²) in [5, 5.41) is 14.7. The molecule has 2 N–H and O–H groups in total. The monoisotopic (exact) mass is 317 g/mol. The first kappa shape index (κ1) is 13.3. The fourth-order valence-electron chi connectivity index (χ4n) is 1.45. The Hall–Kier alpha value is -2.13. The number of hydrogen-bond donors (Lipinski definition) is 2. The molecule has 2 rings (SSSR count). The van der Waals surface area contributed by atoms with Crippen molar-refractivity contribution in [2.75, 3.05) is 17.2 Å². The molecule has 0 unspecified atom stereocenters. The summed E-state index contributed by atoms with van der Waals surface area (Å²) in [6, 6.07) is 11.7. The molecular formula is C13H12BrN5. The van der Waals surface area contributed by atoms with Crippen LogP contribution in [0.25, 0.3) is 0 Å². The molecule has 6 heteroatoms.